The normalized spacial score (nSPS) is 12.2. The van der Waals surface area contributed by atoms with Crippen LogP contribution in [-0.2, 0) is 12.8 Å². The Balaban J connectivity index is 2.04. The van der Waals surface area contributed by atoms with Gasteiger partial charge in [-0.25, -0.2) is 4.39 Å². The molecule has 20 heavy (non-hydrogen) atoms. The van der Waals surface area contributed by atoms with Crippen molar-refractivity contribution in [3.63, 3.8) is 0 Å². The van der Waals surface area contributed by atoms with E-state index in [4.69, 9.17) is 10.5 Å². The monoisotopic (exact) mass is 337 g/mol. The Labute approximate surface area is 126 Å². The summed E-state index contributed by atoms with van der Waals surface area (Å²) in [5, 5.41) is 0. The van der Waals surface area contributed by atoms with Gasteiger partial charge in [0.05, 0.1) is 7.11 Å². The molecule has 0 radical (unpaired) electrons. The van der Waals surface area contributed by atoms with Gasteiger partial charge in [-0.1, -0.05) is 28.1 Å². The maximum absolute atomic E-state index is 13.7. The Morgan fingerprint density at radius 3 is 2.75 bits per heavy atom. The standard InChI is InChI=1S/C16H17BrFNO/c1-20-15-4-2-3-11(8-15)7-14(19)10-12-9-13(17)5-6-16(12)18/h2-6,8-9,14H,7,10,19H2,1H3. The Bertz CT molecular complexity index is 588. The predicted molar refractivity (Wildman–Crippen MR) is 82.5 cm³/mol. The van der Waals surface area contributed by atoms with Crippen LogP contribution in [0.4, 0.5) is 4.39 Å². The van der Waals surface area contributed by atoms with Crippen LogP contribution in [0.3, 0.4) is 0 Å². The molecular formula is C16H17BrFNO. The largest absolute Gasteiger partial charge is 0.497 e. The summed E-state index contributed by atoms with van der Waals surface area (Å²) in [6.45, 7) is 0. The van der Waals surface area contributed by atoms with Crippen LogP contribution >= 0.6 is 15.9 Å². The molecular weight excluding hydrogens is 321 g/mol. The van der Waals surface area contributed by atoms with Crippen LogP contribution in [0.1, 0.15) is 11.1 Å². The molecule has 0 aromatic heterocycles. The minimum atomic E-state index is -0.214. The first-order chi connectivity index (χ1) is 9.58. The number of methoxy groups -OCH3 is 1. The zero-order valence-corrected chi connectivity index (χ0v) is 12.9. The lowest BCUT2D eigenvalue weighted by Crippen LogP contribution is -2.26. The second-order valence-electron chi connectivity index (χ2n) is 4.76. The molecule has 0 amide bonds. The SMILES string of the molecule is COc1cccc(CC(N)Cc2cc(Br)ccc2F)c1. The molecule has 2 aromatic rings. The number of ether oxygens (including phenoxy) is 1. The van der Waals surface area contributed by atoms with Crippen LogP contribution in [0.15, 0.2) is 46.9 Å². The Kier molecular flexibility index (Phi) is 5.15. The van der Waals surface area contributed by atoms with Crippen LogP contribution in [-0.4, -0.2) is 13.2 Å². The maximum Gasteiger partial charge on any atom is 0.126 e. The highest BCUT2D eigenvalue weighted by Crippen LogP contribution is 2.19. The fourth-order valence-corrected chi connectivity index (χ4v) is 2.57. The molecule has 0 heterocycles. The van der Waals surface area contributed by atoms with Crippen molar-refractivity contribution >= 4 is 15.9 Å². The van der Waals surface area contributed by atoms with Gasteiger partial charge in [0, 0.05) is 10.5 Å². The molecule has 0 bridgehead atoms. The Hall–Kier alpha value is -1.39. The number of nitrogens with two attached hydrogens (primary N) is 1. The van der Waals surface area contributed by atoms with Crippen molar-refractivity contribution in [1.29, 1.82) is 0 Å². The third-order valence-electron chi connectivity index (χ3n) is 3.12. The number of benzene rings is 2. The Morgan fingerprint density at radius 1 is 1.20 bits per heavy atom. The fraction of sp³-hybridized carbons (Fsp3) is 0.250. The van der Waals surface area contributed by atoms with Gasteiger partial charge in [-0.15, -0.1) is 0 Å². The van der Waals surface area contributed by atoms with Crippen LogP contribution in [0, 0.1) is 5.82 Å². The van der Waals surface area contributed by atoms with Crippen molar-refractivity contribution in [3.8, 4) is 5.75 Å². The van der Waals surface area contributed by atoms with Gasteiger partial charge in [0.2, 0.25) is 0 Å². The minimum Gasteiger partial charge on any atom is -0.497 e. The van der Waals surface area contributed by atoms with E-state index < -0.39 is 0 Å². The van der Waals surface area contributed by atoms with Crippen LogP contribution in [0.2, 0.25) is 0 Å². The van der Waals surface area contributed by atoms with Crippen molar-refractivity contribution in [2.45, 2.75) is 18.9 Å². The number of rotatable bonds is 5. The van der Waals surface area contributed by atoms with Crippen molar-refractivity contribution < 1.29 is 9.13 Å². The van der Waals surface area contributed by atoms with E-state index >= 15 is 0 Å². The lowest BCUT2D eigenvalue weighted by Gasteiger charge is -2.13. The minimum absolute atomic E-state index is 0.133. The lowest BCUT2D eigenvalue weighted by atomic mass is 9.99. The van der Waals surface area contributed by atoms with Crippen molar-refractivity contribution in [3.05, 3.63) is 63.9 Å². The molecule has 2 aromatic carbocycles. The number of hydrogen-bond acceptors (Lipinski definition) is 2. The van der Waals surface area contributed by atoms with Gasteiger partial charge in [-0.05, 0) is 54.3 Å². The second-order valence-corrected chi connectivity index (χ2v) is 5.67. The summed E-state index contributed by atoms with van der Waals surface area (Å²) in [6.07, 6.45) is 1.19. The van der Waals surface area contributed by atoms with Crippen molar-refractivity contribution in [2.75, 3.05) is 7.11 Å². The van der Waals surface area contributed by atoms with E-state index in [9.17, 15) is 4.39 Å². The Morgan fingerprint density at radius 2 is 2.00 bits per heavy atom. The molecule has 2 N–H and O–H groups in total. The molecule has 2 rings (SSSR count). The topological polar surface area (TPSA) is 35.2 Å². The zero-order chi connectivity index (χ0) is 14.5. The summed E-state index contributed by atoms with van der Waals surface area (Å²) in [6, 6.07) is 12.6. The van der Waals surface area contributed by atoms with E-state index in [1.54, 1.807) is 19.2 Å². The van der Waals surface area contributed by atoms with Crippen LogP contribution in [0.5, 0.6) is 5.75 Å². The molecule has 0 saturated carbocycles. The smallest absolute Gasteiger partial charge is 0.126 e. The van der Waals surface area contributed by atoms with E-state index in [1.165, 1.54) is 6.07 Å². The van der Waals surface area contributed by atoms with Gasteiger partial charge in [0.1, 0.15) is 11.6 Å². The van der Waals surface area contributed by atoms with Gasteiger partial charge in [-0.2, -0.15) is 0 Å². The van der Waals surface area contributed by atoms with Gasteiger partial charge < -0.3 is 10.5 Å². The first kappa shape index (κ1) is 15.0. The zero-order valence-electron chi connectivity index (χ0n) is 11.3. The van der Waals surface area contributed by atoms with E-state index in [2.05, 4.69) is 15.9 Å². The third-order valence-corrected chi connectivity index (χ3v) is 3.62. The average Bonchev–Trinajstić information content (AvgIpc) is 2.43. The summed E-state index contributed by atoms with van der Waals surface area (Å²) >= 11 is 3.35. The molecule has 4 heteroatoms. The first-order valence-corrected chi connectivity index (χ1v) is 7.20. The summed E-state index contributed by atoms with van der Waals surface area (Å²) in [5.41, 5.74) is 7.85. The molecule has 106 valence electrons. The average molecular weight is 338 g/mol. The van der Waals surface area contributed by atoms with E-state index in [0.29, 0.717) is 18.4 Å². The van der Waals surface area contributed by atoms with Gasteiger partial charge in [0.25, 0.3) is 0 Å². The third kappa shape index (κ3) is 4.05. The molecule has 0 fully saturated rings. The highest BCUT2D eigenvalue weighted by Gasteiger charge is 2.10. The predicted octanol–water partition coefficient (Wildman–Crippen LogP) is 3.71. The molecule has 0 saturated heterocycles. The van der Waals surface area contributed by atoms with Crippen LogP contribution < -0.4 is 10.5 Å². The number of halogens is 2. The number of hydrogen-bond donors (Lipinski definition) is 1. The fourth-order valence-electron chi connectivity index (χ4n) is 2.16. The summed E-state index contributed by atoms with van der Waals surface area (Å²) < 4.78 is 19.7. The first-order valence-electron chi connectivity index (χ1n) is 6.41. The molecule has 0 aliphatic heterocycles. The highest BCUT2D eigenvalue weighted by atomic mass is 79.9. The van der Waals surface area contributed by atoms with Crippen molar-refractivity contribution in [1.82, 2.24) is 0 Å². The maximum atomic E-state index is 13.7. The molecule has 0 aliphatic rings. The van der Waals surface area contributed by atoms with E-state index in [1.807, 2.05) is 24.3 Å². The highest BCUT2D eigenvalue weighted by molar-refractivity contribution is 9.10. The summed E-state index contributed by atoms with van der Waals surface area (Å²) in [5.74, 6) is 0.595. The molecule has 1 unspecified atom stereocenters. The van der Waals surface area contributed by atoms with E-state index in [-0.39, 0.29) is 11.9 Å². The van der Waals surface area contributed by atoms with Gasteiger partial charge in [-0.3, -0.25) is 0 Å². The van der Waals surface area contributed by atoms with Crippen molar-refractivity contribution in [2.24, 2.45) is 5.73 Å². The lowest BCUT2D eigenvalue weighted by molar-refractivity contribution is 0.414. The molecule has 0 spiro atoms. The molecule has 0 aliphatic carbocycles. The van der Waals surface area contributed by atoms with Gasteiger partial charge in [0.15, 0.2) is 0 Å². The molecule has 1 atom stereocenters. The molecule has 2 nitrogen and oxygen atoms in total. The van der Waals surface area contributed by atoms with Crippen LogP contribution in [0.25, 0.3) is 0 Å². The quantitative estimate of drug-likeness (QED) is 0.902. The second kappa shape index (κ2) is 6.86. The van der Waals surface area contributed by atoms with Gasteiger partial charge >= 0.3 is 0 Å². The summed E-state index contributed by atoms with van der Waals surface area (Å²) in [7, 11) is 1.63. The van der Waals surface area contributed by atoms with E-state index in [0.717, 1.165) is 15.8 Å². The summed E-state index contributed by atoms with van der Waals surface area (Å²) in [4.78, 5) is 0.